The number of aromatic nitrogens is 2. The third-order valence-corrected chi connectivity index (χ3v) is 3.53. The van der Waals surface area contributed by atoms with Gasteiger partial charge in [-0.15, -0.1) is 0 Å². The van der Waals surface area contributed by atoms with E-state index in [1.165, 1.54) is 0 Å². The molecule has 0 spiro atoms. The Bertz CT molecular complexity index is 840. The van der Waals surface area contributed by atoms with E-state index < -0.39 is 0 Å². The molecule has 1 N–H and O–H groups in total. The molecule has 5 heteroatoms. The highest BCUT2D eigenvalue weighted by molar-refractivity contribution is 5.95. The predicted molar refractivity (Wildman–Crippen MR) is 86.8 cm³/mol. The van der Waals surface area contributed by atoms with Crippen LogP contribution in [0, 0.1) is 13.8 Å². The monoisotopic (exact) mass is 307 g/mol. The average Bonchev–Trinajstić information content (AvgIpc) is 3.02. The van der Waals surface area contributed by atoms with E-state index in [2.05, 4.69) is 15.5 Å². The summed E-state index contributed by atoms with van der Waals surface area (Å²) in [5.74, 6) is 0.752. The molecular formula is C18H17N3O2. The van der Waals surface area contributed by atoms with Gasteiger partial charge >= 0.3 is 0 Å². The average molecular weight is 307 g/mol. The Morgan fingerprint density at radius 3 is 2.74 bits per heavy atom. The third-order valence-electron chi connectivity index (χ3n) is 3.53. The number of hydrogen-bond donors (Lipinski definition) is 1. The van der Waals surface area contributed by atoms with E-state index in [0.717, 1.165) is 16.7 Å². The van der Waals surface area contributed by atoms with E-state index in [1.807, 2.05) is 56.3 Å². The molecule has 1 amide bonds. The number of rotatable bonds is 4. The standard InChI is InChI=1S/C18H17N3O2/c1-12-6-5-8-14(10-12)18-20-16(21-23-18)11-19-17(22)15-9-4-3-7-13(15)2/h3-10H,11H2,1-2H3,(H,19,22). The molecule has 0 atom stereocenters. The molecular weight excluding hydrogens is 290 g/mol. The number of nitrogens with zero attached hydrogens (tertiary/aromatic N) is 2. The Morgan fingerprint density at radius 2 is 1.96 bits per heavy atom. The van der Waals surface area contributed by atoms with Crippen molar-refractivity contribution < 1.29 is 9.32 Å². The van der Waals surface area contributed by atoms with Gasteiger partial charge in [0.15, 0.2) is 5.82 Å². The quantitative estimate of drug-likeness (QED) is 0.803. The normalized spacial score (nSPS) is 10.5. The molecule has 116 valence electrons. The van der Waals surface area contributed by atoms with Gasteiger partial charge in [-0.2, -0.15) is 4.98 Å². The fraction of sp³-hybridized carbons (Fsp3) is 0.167. The first-order valence-electron chi connectivity index (χ1n) is 7.37. The lowest BCUT2D eigenvalue weighted by atomic mass is 10.1. The molecule has 0 aliphatic carbocycles. The van der Waals surface area contributed by atoms with Gasteiger partial charge in [-0.1, -0.05) is 41.1 Å². The van der Waals surface area contributed by atoms with Crippen molar-refractivity contribution in [2.75, 3.05) is 0 Å². The zero-order valence-corrected chi connectivity index (χ0v) is 13.0. The van der Waals surface area contributed by atoms with Gasteiger partial charge in [0.05, 0.1) is 6.54 Å². The van der Waals surface area contributed by atoms with Crippen LogP contribution < -0.4 is 5.32 Å². The Morgan fingerprint density at radius 1 is 1.13 bits per heavy atom. The lowest BCUT2D eigenvalue weighted by Crippen LogP contribution is -2.24. The number of benzene rings is 2. The largest absolute Gasteiger partial charge is 0.345 e. The molecule has 0 fully saturated rings. The first kappa shape index (κ1) is 15.0. The van der Waals surface area contributed by atoms with Gasteiger partial charge in [-0.25, -0.2) is 0 Å². The van der Waals surface area contributed by atoms with Crippen molar-refractivity contribution in [2.45, 2.75) is 20.4 Å². The summed E-state index contributed by atoms with van der Waals surface area (Å²) in [6, 6.07) is 15.3. The molecule has 0 radical (unpaired) electrons. The van der Waals surface area contributed by atoms with Crippen LogP contribution in [0.1, 0.15) is 27.3 Å². The second-order valence-electron chi connectivity index (χ2n) is 5.38. The van der Waals surface area contributed by atoms with Crippen molar-refractivity contribution in [3.63, 3.8) is 0 Å². The van der Waals surface area contributed by atoms with Crippen LogP contribution in [0.4, 0.5) is 0 Å². The second kappa shape index (κ2) is 6.44. The fourth-order valence-corrected chi connectivity index (χ4v) is 2.30. The van der Waals surface area contributed by atoms with Crippen LogP contribution in [0.25, 0.3) is 11.5 Å². The van der Waals surface area contributed by atoms with E-state index >= 15 is 0 Å². The van der Waals surface area contributed by atoms with Crippen molar-refractivity contribution in [3.05, 3.63) is 71.0 Å². The Hall–Kier alpha value is -2.95. The number of carbonyl (C=O) groups excluding carboxylic acids is 1. The third kappa shape index (κ3) is 3.45. The number of hydrogen-bond acceptors (Lipinski definition) is 4. The number of amides is 1. The Balaban J connectivity index is 1.68. The van der Waals surface area contributed by atoms with Gasteiger partial charge in [0, 0.05) is 11.1 Å². The SMILES string of the molecule is Cc1cccc(-c2nc(CNC(=O)c3ccccc3C)no2)c1. The van der Waals surface area contributed by atoms with Crippen LogP contribution in [-0.2, 0) is 6.54 Å². The number of aryl methyl sites for hydroxylation is 2. The zero-order chi connectivity index (χ0) is 16.2. The summed E-state index contributed by atoms with van der Waals surface area (Å²) in [7, 11) is 0. The lowest BCUT2D eigenvalue weighted by Gasteiger charge is -2.05. The molecule has 5 nitrogen and oxygen atoms in total. The minimum atomic E-state index is -0.148. The topological polar surface area (TPSA) is 68.0 Å². The van der Waals surface area contributed by atoms with Crippen LogP contribution in [-0.4, -0.2) is 16.0 Å². The van der Waals surface area contributed by atoms with E-state index in [0.29, 0.717) is 17.3 Å². The molecule has 1 aromatic heterocycles. The molecule has 0 aliphatic heterocycles. The van der Waals surface area contributed by atoms with Gasteiger partial charge in [0.2, 0.25) is 0 Å². The fourth-order valence-electron chi connectivity index (χ4n) is 2.30. The van der Waals surface area contributed by atoms with Gasteiger partial charge in [0.25, 0.3) is 11.8 Å². The first-order chi connectivity index (χ1) is 11.1. The number of carbonyl (C=O) groups is 1. The Kier molecular flexibility index (Phi) is 4.19. The van der Waals surface area contributed by atoms with E-state index in [1.54, 1.807) is 6.07 Å². The van der Waals surface area contributed by atoms with Crippen molar-refractivity contribution >= 4 is 5.91 Å². The van der Waals surface area contributed by atoms with E-state index in [9.17, 15) is 4.79 Å². The van der Waals surface area contributed by atoms with Gasteiger partial charge < -0.3 is 9.84 Å². The first-order valence-corrected chi connectivity index (χ1v) is 7.37. The summed E-state index contributed by atoms with van der Waals surface area (Å²) in [5.41, 5.74) is 3.57. The van der Waals surface area contributed by atoms with Crippen LogP contribution >= 0.6 is 0 Å². The smallest absolute Gasteiger partial charge is 0.257 e. The van der Waals surface area contributed by atoms with Crippen LogP contribution in [0.5, 0.6) is 0 Å². The minimum Gasteiger partial charge on any atom is -0.345 e. The molecule has 1 heterocycles. The summed E-state index contributed by atoms with van der Waals surface area (Å²) in [4.78, 5) is 16.5. The van der Waals surface area contributed by atoms with Crippen LogP contribution in [0.2, 0.25) is 0 Å². The molecule has 3 rings (SSSR count). The van der Waals surface area contributed by atoms with Gasteiger partial charge in [0.1, 0.15) is 0 Å². The highest BCUT2D eigenvalue weighted by Gasteiger charge is 2.12. The molecule has 0 saturated heterocycles. The summed E-state index contributed by atoms with van der Waals surface area (Å²) in [6.45, 7) is 4.13. The molecule has 23 heavy (non-hydrogen) atoms. The van der Waals surface area contributed by atoms with Crippen molar-refractivity contribution in [1.82, 2.24) is 15.5 Å². The lowest BCUT2D eigenvalue weighted by molar-refractivity contribution is 0.0949. The Labute approximate surface area is 134 Å². The molecule has 0 aliphatic rings. The highest BCUT2D eigenvalue weighted by Crippen LogP contribution is 2.18. The minimum absolute atomic E-state index is 0.148. The molecule has 0 saturated carbocycles. The van der Waals surface area contributed by atoms with Crippen molar-refractivity contribution in [3.8, 4) is 11.5 Å². The summed E-state index contributed by atoms with van der Waals surface area (Å²) >= 11 is 0. The maximum Gasteiger partial charge on any atom is 0.257 e. The summed E-state index contributed by atoms with van der Waals surface area (Å²) in [6.07, 6.45) is 0. The number of nitrogens with one attached hydrogen (secondary N) is 1. The van der Waals surface area contributed by atoms with Gasteiger partial charge in [-0.3, -0.25) is 4.79 Å². The highest BCUT2D eigenvalue weighted by atomic mass is 16.5. The van der Waals surface area contributed by atoms with Crippen molar-refractivity contribution in [2.24, 2.45) is 0 Å². The maximum absolute atomic E-state index is 12.2. The van der Waals surface area contributed by atoms with Gasteiger partial charge in [-0.05, 0) is 37.6 Å². The van der Waals surface area contributed by atoms with Crippen LogP contribution in [0.3, 0.4) is 0 Å². The molecule has 2 aromatic carbocycles. The van der Waals surface area contributed by atoms with E-state index in [4.69, 9.17) is 4.52 Å². The summed E-state index contributed by atoms with van der Waals surface area (Å²) in [5, 5.41) is 6.72. The second-order valence-corrected chi connectivity index (χ2v) is 5.38. The zero-order valence-electron chi connectivity index (χ0n) is 13.0. The van der Waals surface area contributed by atoms with Crippen molar-refractivity contribution in [1.29, 1.82) is 0 Å². The van der Waals surface area contributed by atoms with Crippen LogP contribution in [0.15, 0.2) is 53.1 Å². The van der Waals surface area contributed by atoms with E-state index in [-0.39, 0.29) is 12.5 Å². The molecule has 3 aromatic rings. The molecule has 0 unspecified atom stereocenters. The predicted octanol–water partition coefficient (Wildman–Crippen LogP) is 3.28. The maximum atomic E-state index is 12.2. The molecule has 0 bridgehead atoms. The summed E-state index contributed by atoms with van der Waals surface area (Å²) < 4.78 is 5.26.